The lowest BCUT2D eigenvalue weighted by Gasteiger charge is -2.50. The number of carbonyl (C=O) groups excluding carboxylic acids is 2. The standard InChI is InChI=1S/C40H40N2O5/c43-39-31-15-5-13-29-33-25-9-1-3-11-27(25)37(35(29)31)38-28-12-4-2-10-26(28)34(33)30-14-6-16-32(36(30)38)40(44)42-18-8-20-46-22-24-47-23-21-45-19-7-17-41-39/h1-6,9-16,33-34,37-38H,7-8,17-24H2,(H,41,43)(H,42,44)/t33-,34+,37+,38-. The Kier molecular flexibility index (Phi) is 8.36. The molecule has 11 rings (SSSR count). The van der Waals surface area contributed by atoms with Gasteiger partial charge in [0.15, 0.2) is 0 Å². The first-order valence-corrected chi connectivity index (χ1v) is 17.0. The van der Waals surface area contributed by atoms with E-state index in [4.69, 9.17) is 14.2 Å². The van der Waals surface area contributed by atoms with Crippen molar-refractivity contribution >= 4 is 11.8 Å². The Bertz CT molecular complexity index is 1690. The summed E-state index contributed by atoms with van der Waals surface area (Å²) >= 11 is 0. The van der Waals surface area contributed by atoms with Crippen LogP contribution < -0.4 is 10.6 Å². The predicted octanol–water partition coefficient (Wildman–Crippen LogP) is 5.86. The third-order valence-corrected chi connectivity index (χ3v) is 10.3. The van der Waals surface area contributed by atoms with Gasteiger partial charge < -0.3 is 24.8 Å². The van der Waals surface area contributed by atoms with Crippen LogP contribution in [0.3, 0.4) is 0 Å². The quantitative estimate of drug-likeness (QED) is 0.255. The zero-order valence-corrected chi connectivity index (χ0v) is 26.5. The molecule has 0 radical (unpaired) electrons. The molecule has 4 aromatic carbocycles. The van der Waals surface area contributed by atoms with E-state index in [9.17, 15) is 9.59 Å². The van der Waals surface area contributed by atoms with Crippen molar-refractivity contribution in [1.29, 1.82) is 0 Å². The number of benzene rings is 4. The van der Waals surface area contributed by atoms with Gasteiger partial charge in [-0.1, -0.05) is 72.8 Å². The molecule has 0 saturated carbocycles. The molecule has 7 heteroatoms. The minimum atomic E-state index is -0.146. The van der Waals surface area contributed by atoms with Crippen molar-refractivity contribution < 1.29 is 23.8 Å². The summed E-state index contributed by atoms with van der Waals surface area (Å²) in [5.74, 6) is -0.440. The van der Waals surface area contributed by atoms with Crippen molar-refractivity contribution in [3.63, 3.8) is 0 Å². The van der Waals surface area contributed by atoms with Gasteiger partial charge in [-0.15, -0.1) is 0 Å². The van der Waals surface area contributed by atoms with Crippen molar-refractivity contribution in [3.05, 3.63) is 141 Å². The van der Waals surface area contributed by atoms with Crippen LogP contribution in [0, 0.1) is 0 Å². The molecule has 0 spiro atoms. The molecule has 7 aliphatic rings. The summed E-state index contributed by atoms with van der Waals surface area (Å²) in [5.41, 5.74) is 11.1. The Morgan fingerprint density at radius 1 is 0.426 bits per heavy atom. The molecule has 0 unspecified atom stereocenters. The van der Waals surface area contributed by atoms with Gasteiger partial charge in [0.2, 0.25) is 0 Å². The van der Waals surface area contributed by atoms with Crippen LogP contribution in [0.1, 0.15) is 102 Å². The number of amides is 2. The maximum absolute atomic E-state index is 14.1. The zero-order chi connectivity index (χ0) is 31.7. The minimum Gasteiger partial charge on any atom is -0.379 e. The normalized spacial score (nSPS) is 24.3. The molecule has 2 N–H and O–H groups in total. The van der Waals surface area contributed by atoms with E-state index < -0.39 is 0 Å². The first-order valence-electron chi connectivity index (χ1n) is 17.0. The molecule has 240 valence electrons. The van der Waals surface area contributed by atoms with E-state index in [1.807, 2.05) is 24.3 Å². The van der Waals surface area contributed by atoms with Gasteiger partial charge in [0.05, 0.1) is 26.4 Å². The fraction of sp³-hybridized carbons (Fsp3) is 0.350. The average molecular weight is 629 g/mol. The maximum atomic E-state index is 14.1. The van der Waals surface area contributed by atoms with Crippen molar-refractivity contribution in [2.24, 2.45) is 0 Å². The van der Waals surface area contributed by atoms with Crippen molar-refractivity contribution in [1.82, 2.24) is 10.6 Å². The summed E-state index contributed by atoms with van der Waals surface area (Å²) in [7, 11) is 0. The fourth-order valence-corrected chi connectivity index (χ4v) is 8.49. The number of hydrogen-bond acceptors (Lipinski definition) is 5. The van der Waals surface area contributed by atoms with Crippen molar-refractivity contribution in [3.8, 4) is 0 Å². The zero-order valence-electron chi connectivity index (χ0n) is 26.5. The molecular formula is C40H40N2O5. The molecule has 4 atom stereocenters. The highest BCUT2D eigenvalue weighted by molar-refractivity contribution is 5.99. The lowest BCUT2D eigenvalue weighted by molar-refractivity contribution is 0.0139. The van der Waals surface area contributed by atoms with E-state index in [0.717, 1.165) is 11.1 Å². The Morgan fingerprint density at radius 2 is 0.787 bits per heavy atom. The summed E-state index contributed by atoms with van der Waals surface area (Å²) in [6.07, 6.45) is 1.42. The molecule has 4 aromatic rings. The number of ether oxygens (including phenoxy) is 3. The van der Waals surface area contributed by atoms with Gasteiger partial charge in [0, 0.05) is 61.1 Å². The van der Waals surface area contributed by atoms with Crippen LogP contribution in [0.25, 0.3) is 0 Å². The van der Waals surface area contributed by atoms with E-state index in [0.29, 0.717) is 76.7 Å². The molecule has 7 nitrogen and oxygen atoms in total. The predicted molar refractivity (Wildman–Crippen MR) is 179 cm³/mol. The summed E-state index contributed by atoms with van der Waals surface area (Å²) in [6, 6.07) is 30.0. The number of nitrogens with one attached hydrogen (secondary N) is 2. The van der Waals surface area contributed by atoms with E-state index in [1.165, 1.54) is 33.4 Å². The summed E-state index contributed by atoms with van der Waals surface area (Å²) < 4.78 is 17.1. The van der Waals surface area contributed by atoms with Gasteiger partial charge in [0.1, 0.15) is 0 Å². The molecule has 2 amide bonds. The van der Waals surface area contributed by atoms with Gasteiger partial charge in [-0.2, -0.15) is 0 Å². The molecule has 6 aliphatic carbocycles. The Labute approximate surface area is 275 Å². The van der Waals surface area contributed by atoms with Gasteiger partial charge in [-0.05, 0) is 69.5 Å². The SMILES string of the molecule is O=C1NCCCOCCOCCOCCCNC(=O)c2cccc3c2[C@@H]2c4ccccc4[C@H]3[C@H]3c4ccccc4[C@@H]2c2c1cccc23. The Morgan fingerprint density at radius 3 is 1.21 bits per heavy atom. The van der Waals surface area contributed by atoms with Crippen LogP contribution in [0.2, 0.25) is 0 Å². The summed E-state index contributed by atoms with van der Waals surface area (Å²) in [4.78, 5) is 28.1. The van der Waals surface area contributed by atoms with Crippen LogP contribution in [-0.4, -0.2) is 64.5 Å². The van der Waals surface area contributed by atoms with Crippen molar-refractivity contribution in [2.75, 3.05) is 52.7 Å². The van der Waals surface area contributed by atoms with Crippen LogP contribution in [0.4, 0.5) is 0 Å². The fourth-order valence-electron chi connectivity index (χ4n) is 8.49. The molecule has 1 aliphatic heterocycles. The largest absolute Gasteiger partial charge is 0.379 e. The molecule has 6 bridgehead atoms. The smallest absolute Gasteiger partial charge is 0.251 e. The van der Waals surface area contributed by atoms with Crippen molar-refractivity contribution in [2.45, 2.75) is 36.5 Å². The lowest BCUT2D eigenvalue weighted by atomic mass is 9.52. The maximum Gasteiger partial charge on any atom is 0.251 e. The highest BCUT2D eigenvalue weighted by Gasteiger charge is 2.51. The van der Waals surface area contributed by atoms with Crippen LogP contribution in [-0.2, 0) is 14.2 Å². The van der Waals surface area contributed by atoms with Crippen LogP contribution in [0.5, 0.6) is 0 Å². The molecule has 0 fully saturated rings. The monoisotopic (exact) mass is 628 g/mol. The Hall–Kier alpha value is -4.30. The second-order valence-corrected chi connectivity index (χ2v) is 12.8. The van der Waals surface area contributed by atoms with Gasteiger partial charge in [-0.25, -0.2) is 0 Å². The average Bonchev–Trinajstić information content (AvgIpc) is 3.09. The Balaban J connectivity index is 1.29. The van der Waals surface area contributed by atoms with E-state index >= 15 is 0 Å². The van der Waals surface area contributed by atoms with E-state index in [-0.39, 0.29) is 35.5 Å². The van der Waals surface area contributed by atoms with Gasteiger partial charge in [0.25, 0.3) is 11.8 Å². The van der Waals surface area contributed by atoms with E-state index in [2.05, 4.69) is 71.3 Å². The highest BCUT2D eigenvalue weighted by Crippen LogP contribution is 2.64. The molecule has 47 heavy (non-hydrogen) atoms. The second kappa shape index (κ2) is 13.1. The van der Waals surface area contributed by atoms with Gasteiger partial charge >= 0.3 is 0 Å². The first kappa shape index (κ1) is 30.1. The van der Waals surface area contributed by atoms with E-state index in [1.54, 1.807) is 0 Å². The molecule has 0 aromatic heterocycles. The van der Waals surface area contributed by atoms with Crippen LogP contribution >= 0.6 is 0 Å². The number of carbonyl (C=O) groups is 2. The van der Waals surface area contributed by atoms with Crippen LogP contribution in [0.15, 0.2) is 84.9 Å². The molecule has 1 heterocycles. The molecular weight excluding hydrogens is 588 g/mol. The van der Waals surface area contributed by atoms with Gasteiger partial charge in [-0.3, -0.25) is 9.59 Å². The molecule has 0 saturated heterocycles. The first-order chi connectivity index (χ1) is 23.2. The third-order valence-electron chi connectivity index (χ3n) is 10.3. The second-order valence-electron chi connectivity index (χ2n) is 12.8. The summed E-state index contributed by atoms with van der Waals surface area (Å²) in [6.45, 7) is 4.13. The minimum absolute atomic E-state index is 0.00749. The lowest BCUT2D eigenvalue weighted by Crippen LogP contribution is -2.39. The topological polar surface area (TPSA) is 85.9 Å². The third kappa shape index (κ3) is 5.27. The number of hydrogen-bond donors (Lipinski definition) is 2. The highest BCUT2D eigenvalue weighted by atomic mass is 16.5. The number of rotatable bonds is 0. The summed E-state index contributed by atoms with van der Waals surface area (Å²) in [5, 5.41) is 6.38.